The Morgan fingerprint density at radius 2 is 2.11 bits per heavy atom. The van der Waals surface area contributed by atoms with Crippen LogP contribution in [0.2, 0.25) is 0 Å². The first-order chi connectivity index (χ1) is 8.79. The molecule has 18 heavy (non-hydrogen) atoms. The SMILES string of the molecule is CCCNCC1CCN(c2cc(C)ncn2)CC1. The van der Waals surface area contributed by atoms with Crippen LogP contribution in [-0.2, 0) is 0 Å². The van der Waals surface area contributed by atoms with Crippen LogP contribution in [0.25, 0.3) is 0 Å². The fourth-order valence-electron chi connectivity index (χ4n) is 2.46. The summed E-state index contributed by atoms with van der Waals surface area (Å²) in [4.78, 5) is 10.9. The topological polar surface area (TPSA) is 41.0 Å². The van der Waals surface area contributed by atoms with Gasteiger partial charge in [0.2, 0.25) is 0 Å². The van der Waals surface area contributed by atoms with Gasteiger partial charge < -0.3 is 10.2 Å². The van der Waals surface area contributed by atoms with Crippen LogP contribution in [0.1, 0.15) is 31.9 Å². The van der Waals surface area contributed by atoms with Gasteiger partial charge >= 0.3 is 0 Å². The summed E-state index contributed by atoms with van der Waals surface area (Å²) in [5, 5.41) is 3.52. The molecule has 1 aromatic heterocycles. The Kier molecular flexibility index (Phi) is 4.93. The van der Waals surface area contributed by atoms with Gasteiger partial charge in [-0.15, -0.1) is 0 Å². The Morgan fingerprint density at radius 3 is 2.78 bits per heavy atom. The van der Waals surface area contributed by atoms with Gasteiger partial charge in [-0.2, -0.15) is 0 Å². The van der Waals surface area contributed by atoms with E-state index in [0.717, 1.165) is 37.1 Å². The molecule has 1 N–H and O–H groups in total. The van der Waals surface area contributed by atoms with Crippen LogP contribution in [0, 0.1) is 12.8 Å². The number of rotatable bonds is 5. The summed E-state index contributed by atoms with van der Waals surface area (Å²) < 4.78 is 0. The van der Waals surface area contributed by atoms with Gasteiger partial charge in [-0.25, -0.2) is 9.97 Å². The Labute approximate surface area is 110 Å². The predicted molar refractivity (Wildman–Crippen MR) is 74.9 cm³/mol. The number of aryl methyl sites for hydroxylation is 1. The molecule has 2 rings (SSSR count). The maximum Gasteiger partial charge on any atom is 0.132 e. The number of anilines is 1. The minimum atomic E-state index is 0.829. The van der Waals surface area contributed by atoms with Gasteiger partial charge in [-0.05, 0) is 45.2 Å². The molecule has 1 fully saturated rings. The number of hydrogen-bond donors (Lipinski definition) is 1. The number of aromatic nitrogens is 2. The van der Waals surface area contributed by atoms with E-state index in [9.17, 15) is 0 Å². The molecule has 4 heteroatoms. The van der Waals surface area contributed by atoms with Crippen molar-refractivity contribution < 1.29 is 0 Å². The average molecular weight is 248 g/mol. The molecule has 0 bridgehead atoms. The minimum Gasteiger partial charge on any atom is -0.356 e. The highest BCUT2D eigenvalue weighted by Crippen LogP contribution is 2.21. The number of piperidine rings is 1. The summed E-state index contributed by atoms with van der Waals surface area (Å²) in [6.07, 6.45) is 5.41. The minimum absolute atomic E-state index is 0.829. The molecule has 2 heterocycles. The highest BCUT2D eigenvalue weighted by Gasteiger charge is 2.19. The van der Waals surface area contributed by atoms with Crippen LogP contribution in [0.3, 0.4) is 0 Å². The molecule has 4 nitrogen and oxygen atoms in total. The third kappa shape index (κ3) is 3.67. The molecule has 0 saturated carbocycles. The Morgan fingerprint density at radius 1 is 1.33 bits per heavy atom. The monoisotopic (exact) mass is 248 g/mol. The summed E-state index contributed by atoms with van der Waals surface area (Å²) in [5.74, 6) is 1.92. The molecule has 0 aliphatic carbocycles. The lowest BCUT2D eigenvalue weighted by Gasteiger charge is -2.32. The fraction of sp³-hybridized carbons (Fsp3) is 0.714. The maximum atomic E-state index is 4.36. The molecule has 0 unspecified atom stereocenters. The fourth-order valence-corrected chi connectivity index (χ4v) is 2.46. The molecule has 0 aromatic carbocycles. The molecule has 0 atom stereocenters. The summed E-state index contributed by atoms with van der Waals surface area (Å²) in [5.41, 5.74) is 1.05. The van der Waals surface area contributed by atoms with E-state index in [4.69, 9.17) is 0 Å². The second kappa shape index (κ2) is 6.69. The van der Waals surface area contributed by atoms with Gasteiger partial charge in [0, 0.05) is 24.8 Å². The quantitative estimate of drug-likeness (QED) is 0.809. The zero-order valence-electron chi connectivity index (χ0n) is 11.5. The van der Waals surface area contributed by atoms with Crippen molar-refractivity contribution in [2.75, 3.05) is 31.1 Å². The molecular weight excluding hydrogens is 224 g/mol. The van der Waals surface area contributed by atoms with Gasteiger partial charge in [0.15, 0.2) is 0 Å². The predicted octanol–water partition coefficient (Wildman–Crippen LogP) is 2.00. The maximum absolute atomic E-state index is 4.36. The summed E-state index contributed by atoms with van der Waals surface area (Å²) in [6.45, 7) is 8.79. The molecule has 1 saturated heterocycles. The molecule has 1 aliphatic heterocycles. The van der Waals surface area contributed by atoms with E-state index in [0.29, 0.717) is 0 Å². The summed E-state index contributed by atoms with van der Waals surface area (Å²) >= 11 is 0. The van der Waals surface area contributed by atoms with E-state index in [-0.39, 0.29) is 0 Å². The lowest BCUT2D eigenvalue weighted by Crippen LogP contribution is -2.37. The second-order valence-electron chi connectivity index (χ2n) is 5.15. The van der Waals surface area contributed by atoms with E-state index >= 15 is 0 Å². The van der Waals surface area contributed by atoms with Crippen molar-refractivity contribution in [1.29, 1.82) is 0 Å². The third-order valence-electron chi connectivity index (χ3n) is 3.59. The zero-order chi connectivity index (χ0) is 12.8. The van der Waals surface area contributed by atoms with Crippen LogP contribution in [0.15, 0.2) is 12.4 Å². The van der Waals surface area contributed by atoms with Crippen molar-refractivity contribution >= 4 is 5.82 Å². The normalized spacial score (nSPS) is 17.1. The number of nitrogens with zero attached hydrogens (tertiary/aromatic N) is 3. The first-order valence-corrected chi connectivity index (χ1v) is 7.04. The van der Waals surface area contributed by atoms with Crippen LogP contribution < -0.4 is 10.2 Å². The smallest absolute Gasteiger partial charge is 0.132 e. The molecular formula is C14H24N4. The van der Waals surface area contributed by atoms with E-state index < -0.39 is 0 Å². The van der Waals surface area contributed by atoms with Crippen LogP contribution in [0.4, 0.5) is 5.82 Å². The van der Waals surface area contributed by atoms with Gasteiger partial charge in [-0.3, -0.25) is 0 Å². The van der Waals surface area contributed by atoms with Gasteiger partial charge in [0.1, 0.15) is 12.1 Å². The van der Waals surface area contributed by atoms with Crippen molar-refractivity contribution in [3.8, 4) is 0 Å². The lowest BCUT2D eigenvalue weighted by atomic mass is 9.97. The van der Waals surface area contributed by atoms with Crippen molar-refractivity contribution in [2.24, 2.45) is 5.92 Å². The van der Waals surface area contributed by atoms with E-state index in [1.165, 1.54) is 25.8 Å². The zero-order valence-corrected chi connectivity index (χ0v) is 11.5. The standard InChI is InChI=1S/C14H24N4/c1-3-6-15-10-13-4-7-18(8-5-13)14-9-12(2)16-11-17-14/h9,11,13,15H,3-8,10H2,1-2H3. The number of hydrogen-bond acceptors (Lipinski definition) is 4. The van der Waals surface area contributed by atoms with Crippen LogP contribution >= 0.6 is 0 Å². The Bertz CT molecular complexity index is 359. The highest BCUT2D eigenvalue weighted by atomic mass is 15.2. The van der Waals surface area contributed by atoms with Crippen molar-refractivity contribution in [3.05, 3.63) is 18.1 Å². The second-order valence-corrected chi connectivity index (χ2v) is 5.15. The molecule has 1 aromatic rings. The molecule has 0 amide bonds. The van der Waals surface area contributed by atoms with Gasteiger partial charge in [0.25, 0.3) is 0 Å². The first-order valence-electron chi connectivity index (χ1n) is 7.04. The summed E-state index contributed by atoms with van der Waals surface area (Å²) in [7, 11) is 0. The highest BCUT2D eigenvalue weighted by molar-refractivity contribution is 5.38. The van der Waals surface area contributed by atoms with Gasteiger partial charge in [-0.1, -0.05) is 6.92 Å². The van der Waals surface area contributed by atoms with E-state index in [2.05, 4.69) is 33.2 Å². The van der Waals surface area contributed by atoms with Crippen LogP contribution in [0.5, 0.6) is 0 Å². The van der Waals surface area contributed by atoms with Crippen LogP contribution in [-0.4, -0.2) is 36.1 Å². The Balaban J connectivity index is 1.79. The Hall–Kier alpha value is -1.16. The van der Waals surface area contributed by atoms with E-state index in [1.54, 1.807) is 6.33 Å². The third-order valence-corrected chi connectivity index (χ3v) is 3.59. The molecule has 0 spiro atoms. The van der Waals surface area contributed by atoms with Gasteiger partial charge in [0.05, 0.1) is 0 Å². The largest absolute Gasteiger partial charge is 0.356 e. The molecule has 0 radical (unpaired) electrons. The summed E-state index contributed by atoms with van der Waals surface area (Å²) in [6, 6.07) is 2.08. The average Bonchev–Trinajstić information content (AvgIpc) is 2.40. The van der Waals surface area contributed by atoms with Crippen molar-refractivity contribution in [3.63, 3.8) is 0 Å². The molecule has 1 aliphatic rings. The van der Waals surface area contributed by atoms with Crippen molar-refractivity contribution in [2.45, 2.75) is 33.1 Å². The number of nitrogens with one attached hydrogen (secondary N) is 1. The van der Waals surface area contributed by atoms with E-state index in [1.807, 2.05) is 6.92 Å². The molecule has 100 valence electrons. The first kappa shape index (κ1) is 13.3. The lowest BCUT2D eigenvalue weighted by molar-refractivity contribution is 0.382. The van der Waals surface area contributed by atoms with Crippen molar-refractivity contribution in [1.82, 2.24) is 15.3 Å².